The van der Waals surface area contributed by atoms with E-state index in [1.807, 2.05) is 42.7 Å². The predicted molar refractivity (Wildman–Crippen MR) is 93.5 cm³/mol. The average Bonchev–Trinajstić information content (AvgIpc) is 3.17. The summed E-state index contributed by atoms with van der Waals surface area (Å²) in [5.41, 5.74) is 1.58. The van der Waals surface area contributed by atoms with Crippen molar-refractivity contribution in [1.29, 1.82) is 0 Å². The van der Waals surface area contributed by atoms with Crippen LogP contribution in [0.4, 0.5) is 0 Å². The number of carbonyl (C=O) groups excluding carboxylic acids is 1. The zero-order valence-corrected chi connectivity index (χ0v) is 13.7. The van der Waals surface area contributed by atoms with E-state index in [2.05, 4.69) is 14.8 Å². The molecule has 5 nitrogen and oxygen atoms in total. The second-order valence-corrected chi connectivity index (χ2v) is 6.49. The Balaban J connectivity index is 1.52. The SMILES string of the molecule is O=C(NC1CCCCCC1)c1ccn(-c2ccc3ccccn23)n1. The van der Waals surface area contributed by atoms with Gasteiger partial charge in [-0.05, 0) is 43.2 Å². The number of aromatic nitrogens is 3. The Morgan fingerprint density at radius 1 is 1.00 bits per heavy atom. The van der Waals surface area contributed by atoms with Crippen molar-refractivity contribution in [3.8, 4) is 5.82 Å². The maximum absolute atomic E-state index is 12.5. The molecule has 1 saturated carbocycles. The summed E-state index contributed by atoms with van der Waals surface area (Å²) in [6.45, 7) is 0. The smallest absolute Gasteiger partial charge is 0.272 e. The van der Waals surface area contributed by atoms with Gasteiger partial charge < -0.3 is 9.72 Å². The van der Waals surface area contributed by atoms with Crippen molar-refractivity contribution >= 4 is 11.4 Å². The molecule has 0 atom stereocenters. The number of amides is 1. The standard InChI is InChI=1S/C19H22N4O/c24-19(20-15-7-3-1-2-4-8-15)17-12-14-23(21-17)18-11-10-16-9-5-6-13-22(16)18/h5-6,9-15H,1-4,7-8H2,(H,20,24). The van der Waals surface area contributed by atoms with Crippen molar-refractivity contribution in [3.05, 3.63) is 54.5 Å². The topological polar surface area (TPSA) is 51.3 Å². The van der Waals surface area contributed by atoms with Gasteiger partial charge in [0.1, 0.15) is 5.82 Å². The van der Waals surface area contributed by atoms with E-state index in [0.717, 1.165) is 24.2 Å². The van der Waals surface area contributed by atoms with Gasteiger partial charge in [0.2, 0.25) is 0 Å². The first-order chi connectivity index (χ1) is 11.8. The quantitative estimate of drug-likeness (QED) is 0.749. The fourth-order valence-corrected chi connectivity index (χ4v) is 3.48. The molecule has 124 valence electrons. The van der Waals surface area contributed by atoms with Gasteiger partial charge in [0.25, 0.3) is 5.91 Å². The van der Waals surface area contributed by atoms with E-state index >= 15 is 0 Å². The van der Waals surface area contributed by atoms with E-state index < -0.39 is 0 Å². The largest absolute Gasteiger partial charge is 0.348 e. The molecule has 24 heavy (non-hydrogen) atoms. The Labute approximate surface area is 141 Å². The van der Waals surface area contributed by atoms with E-state index in [1.54, 1.807) is 10.7 Å². The van der Waals surface area contributed by atoms with E-state index in [1.165, 1.54) is 25.7 Å². The lowest BCUT2D eigenvalue weighted by Gasteiger charge is -2.15. The zero-order chi connectivity index (χ0) is 16.4. The molecular weight excluding hydrogens is 300 g/mol. The summed E-state index contributed by atoms with van der Waals surface area (Å²) in [5, 5.41) is 7.62. The minimum absolute atomic E-state index is 0.0680. The van der Waals surface area contributed by atoms with Gasteiger partial charge in [-0.3, -0.25) is 4.79 Å². The number of rotatable bonds is 3. The first-order valence-corrected chi connectivity index (χ1v) is 8.74. The van der Waals surface area contributed by atoms with E-state index in [0.29, 0.717) is 11.7 Å². The molecule has 0 unspecified atom stereocenters. The highest BCUT2D eigenvalue weighted by Gasteiger charge is 2.18. The summed E-state index contributed by atoms with van der Waals surface area (Å²) in [5.74, 6) is 0.862. The first-order valence-electron chi connectivity index (χ1n) is 8.74. The molecule has 1 amide bonds. The van der Waals surface area contributed by atoms with Crippen LogP contribution in [0.15, 0.2) is 48.8 Å². The third kappa shape index (κ3) is 2.94. The van der Waals surface area contributed by atoms with Crippen LogP contribution in [0.1, 0.15) is 49.0 Å². The number of carbonyl (C=O) groups is 1. The van der Waals surface area contributed by atoms with Crippen LogP contribution in [0.25, 0.3) is 11.3 Å². The first kappa shape index (κ1) is 15.0. The summed E-state index contributed by atoms with van der Waals surface area (Å²) in [6.07, 6.45) is 11.0. The Morgan fingerprint density at radius 2 is 1.83 bits per heavy atom. The maximum atomic E-state index is 12.5. The number of pyridine rings is 1. The lowest BCUT2D eigenvalue weighted by atomic mass is 10.1. The van der Waals surface area contributed by atoms with Gasteiger partial charge in [0.05, 0.1) is 0 Å². The molecule has 0 saturated heterocycles. The van der Waals surface area contributed by atoms with E-state index in [-0.39, 0.29) is 5.91 Å². The number of hydrogen-bond acceptors (Lipinski definition) is 2. The third-order valence-electron chi connectivity index (χ3n) is 4.79. The minimum atomic E-state index is -0.0680. The van der Waals surface area contributed by atoms with Crippen LogP contribution in [-0.2, 0) is 0 Å². The molecular formula is C19H22N4O. The summed E-state index contributed by atoms with van der Waals surface area (Å²) in [6, 6.07) is 12.2. The number of fused-ring (bicyclic) bond motifs is 1. The zero-order valence-electron chi connectivity index (χ0n) is 13.7. The van der Waals surface area contributed by atoms with Gasteiger partial charge in [-0.15, -0.1) is 0 Å². The second kappa shape index (κ2) is 6.51. The molecule has 1 N–H and O–H groups in total. The predicted octanol–water partition coefficient (Wildman–Crippen LogP) is 3.58. The van der Waals surface area contributed by atoms with Crippen molar-refractivity contribution in [2.24, 2.45) is 0 Å². The normalized spacial score (nSPS) is 16.2. The molecule has 0 aliphatic heterocycles. The molecule has 5 heteroatoms. The lowest BCUT2D eigenvalue weighted by Crippen LogP contribution is -2.34. The highest BCUT2D eigenvalue weighted by Crippen LogP contribution is 2.18. The van der Waals surface area contributed by atoms with E-state index in [4.69, 9.17) is 0 Å². The number of nitrogens with zero attached hydrogens (tertiary/aromatic N) is 3. The summed E-state index contributed by atoms with van der Waals surface area (Å²) in [4.78, 5) is 12.5. The van der Waals surface area contributed by atoms with E-state index in [9.17, 15) is 4.79 Å². The van der Waals surface area contributed by atoms with Crippen LogP contribution < -0.4 is 5.32 Å². The van der Waals surface area contributed by atoms with Crippen LogP contribution in [0.2, 0.25) is 0 Å². The van der Waals surface area contributed by atoms with Gasteiger partial charge in [0.15, 0.2) is 5.69 Å². The Bertz CT molecular complexity index is 840. The average molecular weight is 322 g/mol. The maximum Gasteiger partial charge on any atom is 0.272 e. The fraction of sp³-hybridized carbons (Fsp3) is 0.368. The Morgan fingerprint density at radius 3 is 2.67 bits per heavy atom. The van der Waals surface area contributed by atoms with Gasteiger partial charge in [-0.1, -0.05) is 31.7 Å². The monoisotopic (exact) mass is 322 g/mol. The number of nitrogens with one attached hydrogen (secondary N) is 1. The lowest BCUT2D eigenvalue weighted by molar-refractivity contribution is 0.0928. The molecule has 0 radical (unpaired) electrons. The van der Waals surface area contributed by atoms with Crippen LogP contribution in [0.5, 0.6) is 0 Å². The van der Waals surface area contributed by atoms with Gasteiger partial charge in [0, 0.05) is 24.0 Å². The van der Waals surface area contributed by atoms with Gasteiger partial charge >= 0.3 is 0 Å². The Kier molecular flexibility index (Phi) is 4.07. The fourth-order valence-electron chi connectivity index (χ4n) is 3.48. The summed E-state index contributed by atoms with van der Waals surface area (Å²) in [7, 11) is 0. The van der Waals surface area contributed by atoms with Crippen molar-refractivity contribution in [2.75, 3.05) is 0 Å². The molecule has 0 spiro atoms. The minimum Gasteiger partial charge on any atom is -0.348 e. The van der Waals surface area contributed by atoms with Crippen LogP contribution in [-0.4, -0.2) is 26.1 Å². The van der Waals surface area contributed by atoms with Gasteiger partial charge in [-0.2, -0.15) is 5.10 Å². The van der Waals surface area contributed by atoms with Gasteiger partial charge in [-0.25, -0.2) is 4.68 Å². The number of hydrogen-bond donors (Lipinski definition) is 1. The molecule has 3 aromatic rings. The molecule has 4 rings (SSSR count). The summed E-state index contributed by atoms with van der Waals surface area (Å²) < 4.78 is 3.81. The molecule has 1 fully saturated rings. The second-order valence-electron chi connectivity index (χ2n) is 6.49. The third-order valence-corrected chi connectivity index (χ3v) is 4.79. The molecule has 3 aromatic heterocycles. The highest BCUT2D eigenvalue weighted by atomic mass is 16.2. The summed E-state index contributed by atoms with van der Waals surface area (Å²) >= 11 is 0. The molecule has 0 bridgehead atoms. The molecule has 0 aromatic carbocycles. The van der Waals surface area contributed by atoms with Crippen LogP contribution in [0.3, 0.4) is 0 Å². The van der Waals surface area contributed by atoms with Crippen molar-refractivity contribution in [1.82, 2.24) is 19.5 Å². The van der Waals surface area contributed by atoms with Crippen molar-refractivity contribution in [2.45, 2.75) is 44.6 Å². The highest BCUT2D eigenvalue weighted by molar-refractivity contribution is 5.92. The van der Waals surface area contributed by atoms with Crippen molar-refractivity contribution < 1.29 is 4.79 Å². The Hall–Kier alpha value is -2.56. The van der Waals surface area contributed by atoms with Crippen molar-refractivity contribution in [3.63, 3.8) is 0 Å². The molecule has 1 aliphatic rings. The molecule has 1 aliphatic carbocycles. The molecule has 3 heterocycles. The van der Waals surface area contributed by atoms with Crippen LogP contribution >= 0.6 is 0 Å². The van der Waals surface area contributed by atoms with Crippen LogP contribution in [0, 0.1) is 0 Å².